The van der Waals surface area contributed by atoms with Crippen LogP contribution in [0.5, 0.6) is 5.88 Å². The number of nitrogens with zero attached hydrogens (tertiary/aromatic N) is 2. The minimum absolute atomic E-state index is 0.166. The van der Waals surface area contributed by atoms with Crippen LogP contribution in [-0.4, -0.2) is 36.8 Å². The highest BCUT2D eigenvalue weighted by Gasteiger charge is 2.24. The monoisotopic (exact) mass is 277 g/mol. The topological polar surface area (TPSA) is 37.4 Å². The molecule has 4 heteroatoms. The van der Waals surface area contributed by atoms with Crippen LogP contribution in [0.15, 0.2) is 18.3 Å². The van der Waals surface area contributed by atoms with Crippen LogP contribution in [0.2, 0.25) is 0 Å². The lowest BCUT2D eigenvalue weighted by molar-refractivity contribution is 0.365. The summed E-state index contributed by atoms with van der Waals surface area (Å²) in [6.07, 6.45) is 5.65. The van der Waals surface area contributed by atoms with Crippen molar-refractivity contribution < 1.29 is 4.74 Å². The molecule has 4 nitrogen and oxygen atoms in total. The first-order valence-electron chi connectivity index (χ1n) is 7.51. The Labute approximate surface area is 122 Å². The van der Waals surface area contributed by atoms with E-state index in [1.54, 1.807) is 7.11 Å². The highest BCUT2D eigenvalue weighted by Crippen LogP contribution is 2.26. The summed E-state index contributed by atoms with van der Waals surface area (Å²) in [7, 11) is 1.67. The lowest BCUT2D eigenvalue weighted by Gasteiger charge is -2.39. The standard InChI is InChI=1S/C16H27N3O/c1-16(2,3)18-12-14-7-5-6-10-19(14)13-8-9-17-15(11-13)20-4/h8-9,11,14,18H,5-7,10,12H2,1-4H3. The Morgan fingerprint density at radius 1 is 1.40 bits per heavy atom. The van der Waals surface area contributed by atoms with Crippen LogP contribution < -0.4 is 15.0 Å². The van der Waals surface area contributed by atoms with Gasteiger partial charge in [0.05, 0.1) is 7.11 Å². The third-order valence-electron chi connectivity index (χ3n) is 3.75. The second kappa shape index (κ2) is 6.44. The number of piperidine rings is 1. The second-order valence-corrected chi connectivity index (χ2v) is 6.53. The summed E-state index contributed by atoms with van der Waals surface area (Å²) in [4.78, 5) is 6.69. The molecule has 0 aromatic carbocycles. The fourth-order valence-electron chi connectivity index (χ4n) is 2.67. The van der Waals surface area contributed by atoms with Gasteiger partial charge in [-0.15, -0.1) is 0 Å². The molecule has 1 saturated heterocycles. The van der Waals surface area contributed by atoms with E-state index >= 15 is 0 Å². The maximum atomic E-state index is 5.24. The third kappa shape index (κ3) is 4.10. The molecule has 1 atom stereocenters. The molecule has 1 aliphatic rings. The van der Waals surface area contributed by atoms with Crippen molar-refractivity contribution in [1.29, 1.82) is 0 Å². The SMILES string of the molecule is COc1cc(N2CCCCC2CNC(C)(C)C)ccn1. The Balaban J connectivity index is 2.09. The number of pyridine rings is 1. The van der Waals surface area contributed by atoms with Crippen molar-refractivity contribution in [1.82, 2.24) is 10.3 Å². The van der Waals surface area contributed by atoms with Gasteiger partial charge in [-0.3, -0.25) is 0 Å². The van der Waals surface area contributed by atoms with E-state index in [9.17, 15) is 0 Å². The molecule has 2 rings (SSSR count). The summed E-state index contributed by atoms with van der Waals surface area (Å²) in [5.41, 5.74) is 1.39. The van der Waals surface area contributed by atoms with Crippen LogP contribution in [-0.2, 0) is 0 Å². The molecule has 0 bridgehead atoms. The molecule has 1 fully saturated rings. The van der Waals surface area contributed by atoms with E-state index < -0.39 is 0 Å². The maximum Gasteiger partial charge on any atom is 0.214 e. The lowest BCUT2D eigenvalue weighted by atomic mass is 10.00. The molecule has 1 unspecified atom stereocenters. The molecule has 1 aromatic rings. The Bertz CT molecular complexity index is 428. The van der Waals surface area contributed by atoms with E-state index in [0.717, 1.165) is 13.1 Å². The largest absolute Gasteiger partial charge is 0.481 e. The van der Waals surface area contributed by atoms with Crippen molar-refractivity contribution in [2.75, 3.05) is 25.1 Å². The fourth-order valence-corrected chi connectivity index (χ4v) is 2.67. The summed E-state index contributed by atoms with van der Waals surface area (Å²) in [6.45, 7) is 8.79. The number of hydrogen-bond acceptors (Lipinski definition) is 4. The van der Waals surface area contributed by atoms with E-state index in [4.69, 9.17) is 4.74 Å². The van der Waals surface area contributed by atoms with Crippen LogP contribution in [0, 0.1) is 0 Å². The van der Waals surface area contributed by atoms with Crippen molar-refractivity contribution in [3.05, 3.63) is 18.3 Å². The molecule has 2 heterocycles. The average molecular weight is 277 g/mol. The quantitative estimate of drug-likeness (QED) is 0.918. The molecule has 0 amide bonds. The summed E-state index contributed by atoms with van der Waals surface area (Å²) in [5.74, 6) is 0.690. The van der Waals surface area contributed by atoms with Crippen LogP contribution in [0.4, 0.5) is 5.69 Å². The van der Waals surface area contributed by atoms with Gasteiger partial charge in [-0.05, 0) is 46.1 Å². The van der Waals surface area contributed by atoms with Crippen LogP contribution in [0.25, 0.3) is 0 Å². The van der Waals surface area contributed by atoms with E-state index in [1.165, 1.54) is 24.9 Å². The Morgan fingerprint density at radius 2 is 2.20 bits per heavy atom. The number of hydrogen-bond donors (Lipinski definition) is 1. The van der Waals surface area contributed by atoms with Crippen molar-refractivity contribution in [2.45, 2.75) is 51.6 Å². The van der Waals surface area contributed by atoms with Gasteiger partial charge in [0.1, 0.15) is 0 Å². The Hall–Kier alpha value is -1.29. The van der Waals surface area contributed by atoms with Crippen molar-refractivity contribution in [2.24, 2.45) is 0 Å². The Morgan fingerprint density at radius 3 is 2.90 bits per heavy atom. The zero-order valence-corrected chi connectivity index (χ0v) is 13.1. The molecule has 112 valence electrons. The van der Waals surface area contributed by atoms with Gasteiger partial charge in [-0.2, -0.15) is 0 Å². The molecule has 1 N–H and O–H groups in total. The number of ether oxygens (including phenoxy) is 1. The van der Waals surface area contributed by atoms with E-state index in [-0.39, 0.29) is 5.54 Å². The summed E-state index contributed by atoms with van der Waals surface area (Å²) in [5, 5.41) is 3.63. The van der Waals surface area contributed by atoms with Crippen molar-refractivity contribution >= 4 is 5.69 Å². The first-order valence-corrected chi connectivity index (χ1v) is 7.51. The van der Waals surface area contributed by atoms with Crippen molar-refractivity contribution in [3.8, 4) is 5.88 Å². The van der Waals surface area contributed by atoms with Gasteiger partial charge < -0.3 is 15.0 Å². The number of anilines is 1. The first kappa shape index (κ1) is 15.1. The van der Waals surface area contributed by atoms with E-state index in [1.807, 2.05) is 12.3 Å². The van der Waals surface area contributed by atoms with E-state index in [2.05, 4.69) is 42.0 Å². The van der Waals surface area contributed by atoms with Crippen LogP contribution >= 0.6 is 0 Å². The highest BCUT2D eigenvalue weighted by molar-refractivity contribution is 5.49. The summed E-state index contributed by atoms with van der Waals surface area (Å²) in [6, 6.07) is 4.67. The van der Waals surface area contributed by atoms with Crippen LogP contribution in [0.1, 0.15) is 40.0 Å². The van der Waals surface area contributed by atoms with Crippen molar-refractivity contribution in [3.63, 3.8) is 0 Å². The number of methoxy groups -OCH3 is 1. The first-order chi connectivity index (χ1) is 9.49. The van der Waals surface area contributed by atoms with Gasteiger partial charge in [0, 0.05) is 42.6 Å². The number of rotatable bonds is 4. The van der Waals surface area contributed by atoms with Gasteiger partial charge in [0.2, 0.25) is 5.88 Å². The van der Waals surface area contributed by atoms with Gasteiger partial charge >= 0.3 is 0 Å². The minimum Gasteiger partial charge on any atom is -0.481 e. The number of nitrogens with one attached hydrogen (secondary N) is 1. The predicted molar refractivity (Wildman–Crippen MR) is 83.5 cm³/mol. The lowest BCUT2D eigenvalue weighted by Crippen LogP contribution is -2.49. The molecule has 1 aliphatic heterocycles. The molecular weight excluding hydrogens is 250 g/mol. The normalized spacial score (nSPS) is 20.0. The zero-order valence-electron chi connectivity index (χ0n) is 13.1. The minimum atomic E-state index is 0.166. The smallest absolute Gasteiger partial charge is 0.214 e. The molecule has 1 aromatic heterocycles. The molecular formula is C16H27N3O. The average Bonchev–Trinajstić information content (AvgIpc) is 2.45. The summed E-state index contributed by atoms with van der Waals surface area (Å²) < 4.78 is 5.24. The zero-order chi connectivity index (χ0) is 14.6. The van der Waals surface area contributed by atoms with E-state index in [0.29, 0.717) is 11.9 Å². The molecule has 0 radical (unpaired) electrons. The van der Waals surface area contributed by atoms with Gasteiger partial charge in [-0.1, -0.05) is 0 Å². The Kier molecular flexibility index (Phi) is 4.86. The molecule has 0 saturated carbocycles. The molecule has 0 aliphatic carbocycles. The molecule has 20 heavy (non-hydrogen) atoms. The third-order valence-corrected chi connectivity index (χ3v) is 3.75. The van der Waals surface area contributed by atoms with Gasteiger partial charge in [-0.25, -0.2) is 4.98 Å². The van der Waals surface area contributed by atoms with Gasteiger partial charge in [0.25, 0.3) is 0 Å². The second-order valence-electron chi connectivity index (χ2n) is 6.53. The predicted octanol–water partition coefficient (Wildman–Crippen LogP) is 2.84. The fraction of sp³-hybridized carbons (Fsp3) is 0.688. The maximum absolute atomic E-state index is 5.24. The molecule has 0 spiro atoms. The highest BCUT2D eigenvalue weighted by atomic mass is 16.5. The number of aromatic nitrogens is 1. The summed E-state index contributed by atoms with van der Waals surface area (Å²) >= 11 is 0. The van der Waals surface area contributed by atoms with Gasteiger partial charge in [0.15, 0.2) is 0 Å². The van der Waals surface area contributed by atoms with Crippen LogP contribution in [0.3, 0.4) is 0 Å².